The molecule has 0 spiro atoms. The highest BCUT2D eigenvalue weighted by molar-refractivity contribution is 5.98. The van der Waals surface area contributed by atoms with Gasteiger partial charge >= 0.3 is 5.97 Å². The first-order valence-electron chi connectivity index (χ1n) is 12.9. The highest BCUT2D eigenvalue weighted by Gasteiger charge is 2.48. The van der Waals surface area contributed by atoms with Crippen molar-refractivity contribution in [1.29, 1.82) is 0 Å². The molecule has 186 valence electrons. The van der Waals surface area contributed by atoms with Crippen molar-refractivity contribution in [3.8, 4) is 5.75 Å². The van der Waals surface area contributed by atoms with E-state index in [2.05, 4.69) is 28.9 Å². The number of piperidine rings is 1. The topological polar surface area (TPSA) is 58.6 Å². The molecule has 1 aliphatic carbocycles. The van der Waals surface area contributed by atoms with Crippen LogP contribution in [0.1, 0.15) is 48.5 Å². The Labute approximate surface area is 213 Å². The Hall–Kier alpha value is -3.44. The number of likely N-dealkylation sites (tertiary alicyclic amines) is 1. The van der Waals surface area contributed by atoms with Gasteiger partial charge in [0.2, 0.25) is 0 Å². The second-order valence-corrected chi connectivity index (χ2v) is 10.3. The molecule has 0 unspecified atom stereocenters. The summed E-state index contributed by atoms with van der Waals surface area (Å²) in [5.41, 5.74) is 1.82. The number of benzene rings is 3. The molecule has 1 saturated heterocycles. The maximum absolute atomic E-state index is 13.3. The van der Waals surface area contributed by atoms with Crippen molar-refractivity contribution in [2.75, 3.05) is 19.6 Å². The zero-order valence-electron chi connectivity index (χ0n) is 20.9. The van der Waals surface area contributed by atoms with Gasteiger partial charge in [-0.2, -0.15) is 0 Å². The van der Waals surface area contributed by atoms with E-state index in [9.17, 15) is 9.59 Å². The molecule has 36 heavy (non-hydrogen) atoms. The van der Waals surface area contributed by atoms with Crippen LogP contribution in [0.25, 0.3) is 10.8 Å². The summed E-state index contributed by atoms with van der Waals surface area (Å²) in [6.07, 6.45) is 5.84. The lowest BCUT2D eigenvalue weighted by molar-refractivity contribution is -0.131. The van der Waals surface area contributed by atoms with Crippen molar-refractivity contribution in [3.05, 3.63) is 90.5 Å². The highest BCUT2D eigenvalue weighted by Crippen LogP contribution is 2.49. The molecule has 3 aromatic rings. The van der Waals surface area contributed by atoms with E-state index in [1.165, 1.54) is 12.5 Å². The fourth-order valence-electron chi connectivity index (χ4n) is 6.32. The molecule has 5 nitrogen and oxygen atoms in total. The van der Waals surface area contributed by atoms with E-state index < -0.39 is 0 Å². The lowest BCUT2D eigenvalue weighted by Gasteiger charge is -2.53. The number of fused-ring (bicyclic) bond motifs is 2. The first-order chi connectivity index (χ1) is 17.5. The van der Waals surface area contributed by atoms with E-state index in [0.29, 0.717) is 17.2 Å². The Morgan fingerprint density at radius 3 is 2.72 bits per heavy atom. The summed E-state index contributed by atoms with van der Waals surface area (Å²) >= 11 is 0. The summed E-state index contributed by atoms with van der Waals surface area (Å²) in [6, 6.07) is 22.1. The maximum atomic E-state index is 13.3. The van der Waals surface area contributed by atoms with E-state index in [1.807, 2.05) is 60.7 Å². The summed E-state index contributed by atoms with van der Waals surface area (Å²) in [4.78, 5) is 27.4. The Morgan fingerprint density at radius 1 is 1.08 bits per heavy atom. The molecule has 0 radical (unpaired) electrons. The largest absolute Gasteiger partial charge is 0.427 e. The van der Waals surface area contributed by atoms with Gasteiger partial charge in [-0.05, 0) is 78.7 Å². The van der Waals surface area contributed by atoms with E-state index in [1.54, 1.807) is 0 Å². The van der Waals surface area contributed by atoms with Crippen LogP contribution in [0.5, 0.6) is 5.75 Å². The molecule has 1 heterocycles. The monoisotopic (exact) mass is 482 g/mol. The number of hydrogen-bond acceptors (Lipinski definition) is 4. The number of esters is 1. The van der Waals surface area contributed by atoms with Crippen LogP contribution in [-0.4, -0.2) is 42.5 Å². The van der Waals surface area contributed by atoms with Gasteiger partial charge < -0.3 is 10.1 Å². The molecular weight excluding hydrogens is 448 g/mol. The van der Waals surface area contributed by atoms with E-state index in [4.69, 9.17) is 4.74 Å². The van der Waals surface area contributed by atoms with Gasteiger partial charge in [0.1, 0.15) is 5.75 Å². The lowest BCUT2D eigenvalue weighted by atomic mass is 9.58. The van der Waals surface area contributed by atoms with Crippen molar-refractivity contribution in [2.45, 2.75) is 44.1 Å². The first-order valence-corrected chi connectivity index (χ1v) is 12.9. The number of nitrogens with zero attached hydrogens (tertiary/aromatic N) is 1. The average Bonchev–Trinajstić information content (AvgIpc) is 2.88. The molecule has 1 N–H and O–H groups in total. The SMILES string of the molecule is C=CCN1CC[C@@]2(c3cccc(OC(C)=O)c3)C[C@@H](NC(=O)c3ccc4ccccc4c3)CC[C@@H]2C1. The van der Waals surface area contributed by atoms with Gasteiger partial charge in [0.25, 0.3) is 5.91 Å². The molecule has 1 amide bonds. The van der Waals surface area contributed by atoms with E-state index in [-0.39, 0.29) is 23.3 Å². The maximum Gasteiger partial charge on any atom is 0.308 e. The fourth-order valence-corrected chi connectivity index (χ4v) is 6.32. The third-order valence-corrected chi connectivity index (χ3v) is 8.01. The summed E-state index contributed by atoms with van der Waals surface area (Å²) in [5.74, 6) is 0.722. The van der Waals surface area contributed by atoms with Gasteiger partial charge in [-0.1, -0.05) is 48.5 Å². The average molecular weight is 483 g/mol. The molecule has 0 bridgehead atoms. The van der Waals surface area contributed by atoms with Crippen LogP contribution in [0.4, 0.5) is 0 Å². The zero-order valence-corrected chi connectivity index (χ0v) is 20.9. The number of ether oxygens (including phenoxy) is 1. The second kappa shape index (κ2) is 10.3. The van der Waals surface area contributed by atoms with Crippen LogP contribution >= 0.6 is 0 Å². The van der Waals surface area contributed by atoms with Crippen LogP contribution in [0, 0.1) is 5.92 Å². The highest BCUT2D eigenvalue weighted by atomic mass is 16.5. The van der Waals surface area contributed by atoms with Crippen LogP contribution in [0.3, 0.4) is 0 Å². The van der Waals surface area contributed by atoms with Crippen molar-refractivity contribution in [3.63, 3.8) is 0 Å². The van der Waals surface area contributed by atoms with Crippen LogP contribution in [0.2, 0.25) is 0 Å². The van der Waals surface area contributed by atoms with Crippen molar-refractivity contribution < 1.29 is 14.3 Å². The van der Waals surface area contributed by atoms with Gasteiger partial charge in [-0.3, -0.25) is 14.5 Å². The van der Waals surface area contributed by atoms with Gasteiger partial charge in [0, 0.05) is 37.0 Å². The molecule has 0 aromatic heterocycles. The summed E-state index contributed by atoms with van der Waals surface area (Å²) < 4.78 is 5.43. The van der Waals surface area contributed by atoms with Gasteiger partial charge in [-0.25, -0.2) is 0 Å². The molecule has 2 fully saturated rings. The van der Waals surface area contributed by atoms with Crippen molar-refractivity contribution in [1.82, 2.24) is 10.2 Å². The number of amides is 1. The Bertz CT molecular complexity index is 1290. The third kappa shape index (κ3) is 4.93. The minimum absolute atomic E-state index is 0.0166. The van der Waals surface area contributed by atoms with Gasteiger partial charge in [0.05, 0.1) is 0 Å². The quantitative estimate of drug-likeness (QED) is 0.287. The third-order valence-electron chi connectivity index (χ3n) is 8.01. The standard InChI is InChI=1S/C31H34N2O3/c1-3-16-33-17-15-31(26-9-6-10-29(19-26)36-22(2)34)20-28(14-13-27(31)21-33)32-30(35)25-12-11-23-7-4-5-8-24(23)18-25/h3-12,18-19,27-28H,1,13-17,20-21H2,2H3,(H,32,35)/t27-,28+,31+/m1/s1. The molecule has 3 atom stereocenters. The predicted octanol–water partition coefficient (Wildman–Crippen LogP) is 5.49. The molecule has 5 rings (SSSR count). The minimum atomic E-state index is -0.314. The smallest absolute Gasteiger partial charge is 0.308 e. The molecular formula is C31H34N2O3. The Morgan fingerprint density at radius 2 is 1.92 bits per heavy atom. The number of nitrogens with one attached hydrogen (secondary N) is 1. The van der Waals surface area contributed by atoms with Crippen LogP contribution < -0.4 is 10.1 Å². The van der Waals surface area contributed by atoms with Crippen LogP contribution in [-0.2, 0) is 10.2 Å². The lowest BCUT2D eigenvalue weighted by Crippen LogP contribution is -2.56. The molecule has 5 heteroatoms. The molecule has 1 saturated carbocycles. The number of hydrogen-bond donors (Lipinski definition) is 1. The second-order valence-electron chi connectivity index (χ2n) is 10.3. The van der Waals surface area contributed by atoms with Crippen molar-refractivity contribution in [2.24, 2.45) is 5.92 Å². The van der Waals surface area contributed by atoms with E-state index >= 15 is 0 Å². The van der Waals surface area contributed by atoms with Gasteiger partial charge in [0.15, 0.2) is 0 Å². The fraction of sp³-hybridized carbons (Fsp3) is 0.355. The van der Waals surface area contributed by atoms with Crippen LogP contribution in [0.15, 0.2) is 79.4 Å². The van der Waals surface area contributed by atoms with Gasteiger partial charge in [-0.15, -0.1) is 6.58 Å². The Balaban J connectivity index is 1.40. The Kier molecular flexibility index (Phi) is 6.92. The molecule has 2 aliphatic rings. The number of rotatable bonds is 6. The normalized spacial score (nSPS) is 24.0. The molecule has 3 aromatic carbocycles. The van der Waals surface area contributed by atoms with Crippen molar-refractivity contribution >= 4 is 22.6 Å². The number of carbonyl (C=O) groups is 2. The summed E-state index contributed by atoms with van der Waals surface area (Å²) in [5, 5.41) is 5.56. The minimum Gasteiger partial charge on any atom is -0.427 e. The van der Waals surface area contributed by atoms with E-state index in [0.717, 1.165) is 56.1 Å². The number of carbonyl (C=O) groups excluding carboxylic acids is 2. The summed E-state index contributed by atoms with van der Waals surface area (Å²) in [7, 11) is 0. The molecule has 1 aliphatic heterocycles. The zero-order chi connectivity index (χ0) is 25.1. The first kappa shape index (κ1) is 24.3. The summed E-state index contributed by atoms with van der Waals surface area (Å²) in [6.45, 7) is 8.24. The predicted molar refractivity (Wildman–Crippen MR) is 143 cm³/mol.